The van der Waals surface area contributed by atoms with Gasteiger partial charge in [0.2, 0.25) is 5.91 Å². The molecule has 4 heteroatoms. The first kappa shape index (κ1) is 15.5. The van der Waals surface area contributed by atoms with E-state index in [4.69, 9.17) is 4.74 Å². The fourth-order valence-corrected chi connectivity index (χ4v) is 3.42. The summed E-state index contributed by atoms with van der Waals surface area (Å²) in [6.07, 6.45) is 6.64. The summed E-state index contributed by atoms with van der Waals surface area (Å²) in [6, 6.07) is 8.61. The maximum absolute atomic E-state index is 11.9. The molecule has 2 unspecified atom stereocenters. The molecular formula is C18H26N2O2. The van der Waals surface area contributed by atoms with Crippen LogP contribution in [0.1, 0.15) is 49.3 Å². The number of ether oxygens (including phenoxy) is 1. The molecule has 0 radical (unpaired) electrons. The van der Waals surface area contributed by atoms with Gasteiger partial charge in [-0.2, -0.15) is 0 Å². The van der Waals surface area contributed by atoms with E-state index < -0.39 is 0 Å². The third-order valence-corrected chi connectivity index (χ3v) is 4.63. The summed E-state index contributed by atoms with van der Waals surface area (Å²) in [5.74, 6) is 0.139. The quantitative estimate of drug-likeness (QED) is 0.793. The van der Waals surface area contributed by atoms with E-state index in [9.17, 15) is 4.79 Å². The fraction of sp³-hybridized carbons (Fsp3) is 0.611. The van der Waals surface area contributed by atoms with E-state index in [1.54, 1.807) is 0 Å². The van der Waals surface area contributed by atoms with Crippen molar-refractivity contribution in [3.8, 4) is 0 Å². The minimum Gasteiger partial charge on any atom is -0.373 e. The Bertz CT molecular complexity index is 498. The van der Waals surface area contributed by atoms with Gasteiger partial charge in [-0.05, 0) is 56.2 Å². The number of hydrogen-bond donors (Lipinski definition) is 2. The molecular weight excluding hydrogens is 276 g/mol. The molecule has 0 saturated carbocycles. The lowest BCUT2D eigenvalue weighted by Crippen LogP contribution is -2.40. The van der Waals surface area contributed by atoms with Crippen LogP contribution in [0.5, 0.6) is 0 Å². The molecule has 1 aromatic rings. The first-order chi connectivity index (χ1) is 10.8. The lowest BCUT2D eigenvalue weighted by Gasteiger charge is -2.25. The predicted molar refractivity (Wildman–Crippen MR) is 86.7 cm³/mol. The van der Waals surface area contributed by atoms with Crippen molar-refractivity contribution < 1.29 is 9.53 Å². The number of hydrogen-bond acceptors (Lipinski definition) is 3. The van der Waals surface area contributed by atoms with E-state index in [1.165, 1.54) is 24.0 Å². The molecule has 1 aromatic carbocycles. The lowest BCUT2D eigenvalue weighted by atomic mass is 9.89. The maximum atomic E-state index is 11.9. The normalized spacial score (nSPS) is 24.0. The predicted octanol–water partition coefficient (Wildman–Crippen LogP) is 2.34. The molecule has 1 fully saturated rings. The Morgan fingerprint density at radius 2 is 2.18 bits per heavy atom. The van der Waals surface area contributed by atoms with Crippen LogP contribution in [-0.4, -0.2) is 31.6 Å². The van der Waals surface area contributed by atoms with Crippen LogP contribution in [0.3, 0.4) is 0 Å². The maximum Gasteiger partial charge on any atom is 0.237 e. The van der Waals surface area contributed by atoms with Gasteiger partial charge in [0.1, 0.15) is 0 Å². The lowest BCUT2D eigenvalue weighted by molar-refractivity contribution is -0.122. The van der Waals surface area contributed by atoms with Crippen molar-refractivity contribution in [1.82, 2.24) is 10.6 Å². The van der Waals surface area contributed by atoms with Gasteiger partial charge in [-0.25, -0.2) is 0 Å². The summed E-state index contributed by atoms with van der Waals surface area (Å²) >= 11 is 0. The molecule has 1 aliphatic carbocycles. The van der Waals surface area contributed by atoms with Crippen LogP contribution in [0, 0.1) is 0 Å². The van der Waals surface area contributed by atoms with Gasteiger partial charge < -0.3 is 15.4 Å². The van der Waals surface area contributed by atoms with E-state index >= 15 is 0 Å². The molecule has 2 aliphatic rings. The Morgan fingerprint density at radius 1 is 1.27 bits per heavy atom. The second kappa shape index (κ2) is 7.75. The van der Waals surface area contributed by atoms with Crippen LogP contribution in [0.25, 0.3) is 0 Å². The van der Waals surface area contributed by atoms with Crippen molar-refractivity contribution >= 4 is 5.91 Å². The summed E-state index contributed by atoms with van der Waals surface area (Å²) in [7, 11) is 0. The zero-order chi connectivity index (χ0) is 15.2. The van der Waals surface area contributed by atoms with E-state index in [0.29, 0.717) is 13.2 Å². The number of nitrogens with one attached hydrogen (secondary N) is 2. The highest BCUT2D eigenvalue weighted by Gasteiger charge is 2.22. The van der Waals surface area contributed by atoms with Gasteiger partial charge in [-0.15, -0.1) is 0 Å². The Morgan fingerprint density at radius 3 is 3.05 bits per heavy atom. The van der Waals surface area contributed by atoms with Crippen LogP contribution in [-0.2, 0) is 16.0 Å². The van der Waals surface area contributed by atoms with E-state index in [2.05, 4.69) is 34.9 Å². The third-order valence-electron chi connectivity index (χ3n) is 4.63. The van der Waals surface area contributed by atoms with Crippen LogP contribution in [0.2, 0.25) is 0 Å². The highest BCUT2D eigenvalue weighted by Crippen LogP contribution is 2.32. The first-order valence-electron chi connectivity index (χ1n) is 8.55. The minimum absolute atomic E-state index is 0.0196. The highest BCUT2D eigenvalue weighted by atomic mass is 16.5. The molecule has 1 amide bonds. The third kappa shape index (κ3) is 3.87. The summed E-state index contributed by atoms with van der Waals surface area (Å²) < 4.78 is 6.05. The molecule has 0 spiro atoms. The van der Waals surface area contributed by atoms with Crippen molar-refractivity contribution in [1.29, 1.82) is 0 Å². The number of benzene rings is 1. The Labute approximate surface area is 132 Å². The van der Waals surface area contributed by atoms with E-state index in [-0.39, 0.29) is 18.1 Å². The SMILES string of the molecule is O=C(NCCCOC1CCCc2ccccc21)C1CCCN1. The van der Waals surface area contributed by atoms with Crippen molar-refractivity contribution in [2.24, 2.45) is 0 Å². The summed E-state index contributed by atoms with van der Waals surface area (Å²) in [5, 5.41) is 6.22. The highest BCUT2D eigenvalue weighted by molar-refractivity contribution is 5.81. The van der Waals surface area contributed by atoms with Crippen molar-refractivity contribution in [2.75, 3.05) is 19.7 Å². The Hall–Kier alpha value is -1.39. The fourth-order valence-electron chi connectivity index (χ4n) is 3.42. The van der Waals surface area contributed by atoms with Gasteiger partial charge >= 0.3 is 0 Å². The second-order valence-electron chi connectivity index (χ2n) is 6.24. The first-order valence-corrected chi connectivity index (χ1v) is 8.55. The van der Waals surface area contributed by atoms with Gasteiger partial charge in [0.05, 0.1) is 12.1 Å². The molecule has 1 aliphatic heterocycles. The van der Waals surface area contributed by atoms with Crippen LogP contribution in [0.4, 0.5) is 0 Å². The molecule has 1 heterocycles. The zero-order valence-corrected chi connectivity index (χ0v) is 13.1. The van der Waals surface area contributed by atoms with E-state index in [1.807, 2.05) is 0 Å². The molecule has 120 valence electrons. The van der Waals surface area contributed by atoms with E-state index in [0.717, 1.165) is 32.2 Å². The summed E-state index contributed by atoms with van der Waals surface area (Å²) in [6.45, 7) is 2.37. The van der Waals surface area contributed by atoms with Crippen LogP contribution >= 0.6 is 0 Å². The van der Waals surface area contributed by atoms with Crippen molar-refractivity contribution in [3.63, 3.8) is 0 Å². The molecule has 22 heavy (non-hydrogen) atoms. The van der Waals surface area contributed by atoms with Gasteiger partial charge in [0, 0.05) is 13.2 Å². The summed E-state index contributed by atoms with van der Waals surface area (Å²) in [5.41, 5.74) is 2.78. The number of amides is 1. The van der Waals surface area contributed by atoms with Crippen molar-refractivity contribution in [2.45, 2.75) is 50.7 Å². The molecule has 1 saturated heterocycles. The molecule has 2 N–H and O–H groups in total. The Balaban J connectivity index is 1.36. The number of aryl methyl sites for hydroxylation is 1. The second-order valence-corrected chi connectivity index (χ2v) is 6.24. The number of fused-ring (bicyclic) bond motifs is 1. The number of carbonyl (C=O) groups excluding carboxylic acids is 1. The van der Waals surface area contributed by atoms with Crippen LogP contribution < -0.4 is 10.6 Å². The molecule has 0 bridgehead atoms. The number of carbonyl (C=O) groups is 1. The van der Waals surface area contributed by atoms with Gasteiger partial charge in [0.25, 0.3) is 0 Å². The zero-order valence-electron chi connectivity index (χ0n) is 13.1. The van der Waals surface area contributed by atoms with Gasteiger partial charge in [-0.1, -0.05) is 24.3 Å². The monoisotopic (exact) mass is 302 g/mol. The minimum atomic E-state index is 0.0196. The largest absolute Gasteiger partial charge is 0.373 e. The standard InChI is InChI=1S/C18H26N2O2/c21-18(16-9-4-11-19-16)20-12-5-13-22-17-10-3-7-14-6-1-2-8-15(14)17/h1-2,6,8,16-17,19H,3-5,7,9-13H2,(H,20,21). The molecule has 3 rings (SSSR count). The molecule has 4 nitrogen and oxygen atoms in total. The topological polar surface area (TPSA) is 50.4 Å². The van der Waals surface area contributed by atoms with Crippen LogP contribution in [0.15, 0.2) is 24.3 Å². The summed E-state index contributed by atoms with van der Waals surface area (Å²) in [4.78, 5) is 11.9. The average molecular weight is 302 g/mol. The smallest absolute Gasteiger partial charge is 0.237 e. The van der Waals surface area contributed by atoms with Gasteiger partial charge in [-0.3, -0.25) is 4.79 Å². The average Bonchev–Trinajstić information content (AvgIpc) is 3.09. The van der Waals surface area contributed by atoms with Gasteiger partial charge in [0.15, 0.2) is 0 Å². The Kier molecular flexibility index (Phi) is 5.46. The van der Waals surface area contributed by atoms with Crippen molar-refractivity contribution in [3.05, 3.63) is 35.4 Å². The molecule has 0 aromatic heterocycles. The number of rotatable bonds is 6. The molecule has 2 atom stereocenters.